The maximum absolute atomic E-state index is 13.1. The third kappa shape index (κ3) is 3.63. The molecule has 0 atom stereocenters. The Balaban J connectivity index is 1.85. The van der Waals surface area contributed by atoms with E-state index in [4.69, 9.17) is 12.2 Å². The molecule has 1 aliphatic rings. The van der Waals surface area contributed by atoms with Crippen LogP contribution in [-0.4, -0.2) is 10.2 Å². The normalized spacial score (nSPS) is 17.0. The zero-order valence-corrected chi connectivity index (χ0v) is 14.5. The Kier molecular flexibility index (Phi) is 4.92. The first-order chi connectivity index (χ1) is 11.5. The summed E-state index contributed by atoms with van der Waals surface area (Å²) in [6.07, 6.45) is 3.83. The van der Waals surface area contributed by atoms with Crippen LogP contribution < -0.4 is 4.90 Å². The molecular formula is C19H14FNOS2. The third-order valence-corrected chi connectivity index (χ3v) is 4.73. The average molecular weight is 355 g/mol. The van der Waals surface area contributed by atoms with Gasteiger partial charge in [-0.05, 0) is 48.4 Å². The number of carbonyl (C=O) groups excluding carboxylic acids is 1. The molecule has 1 saturated heterocycles. The largest absolute Gasteiger partial charge is 0.270 e. The summed E-state index contributed by atoms with van der Waals surface area (Å²) in [5.41, 5.74) is 2.60. The lowest BCUT2D eigenvalue weighted by molar-refractivity contribution is -0.113. The number of thiocarbonyl (C=S) groups is 1. The van der Waals surface area contributed by atoms with Gasteiger partial charge in [-0.3, -0.25) is 9.69 Å². The second-order valence-electron chi connectivity index (χ2n) is 5.29. The fourth-order valence-electron chi connectivity index (χ4n) is 2.34. The Morgan fingerprint density at radius 2 is 1.79 bits per heavy atom. The Morgan fingerprint density at radius 1 is 1.12 bits per heavy atom. The molecule has 1 aliphatic heterocycles. The fourth-order valence-corrected chi connectivity index (χ4v) is 3.69. The topological polar surface area (TPSA) is 20.3 Å². The molecule has 2 aromatic carbocycles. The predicted octanol–water partition coefficient (Wildman–Crippen LogP) is 5.18. The predicted molar refractivity (Wildman–Crippen MR) is 102 cm³/mol. The zero-order valence-electron chi connectivity index (χ0n) is 12.9. The number of amides is 1. The summed E-state index contributed by atoms with van der Waals surface area (Å²) in [4.78, 5) is 14.6. The van der Waals surface area contributed by atoms with Crippen LogP contribution in [0.25, 0.3) is 6.08 Å². The Bertz CT molecular complexity index is 841. The first-order valence-corrected chi connectivity index (χ1v) is 8.54. The number of nitrogens with zero attached hydrogens (tertiary/aromatic N) is 1. The van der Waals surface area contributed by atoms with Crippen LogP contribution in [0.2, 0.25) is 0 Å². The van der Waals surface area contributed by atoms with Crippen LogP contribution in [-0.2, 0) is 4.79 Å². The molecule has 1 heterocycles. The van der Waals surface area contributed by atoms with Crippen molar-refractivity contribution in [2.24, 2.45) is 0 Å². The van der Waals surface area contributed by atoms with Crippen LogP contribution in [0.15, 0.2) is 71.2 Å². The van der Waals surface area contributed by atoms with Gasteiger partial charge >= 0.3 is 0 Å². The van der Waals surface area contributed by atoms with Gasteiger partial charge in [-0.15, -0.1) is 0 Å². The first-order valence-electron chi connectivity index (χ1n) is 7.31. The molecule has 120 valence electrons. The van der Waals surface area contributed by atoms with Crippen LogP contribution in [0.5, 0.6) is 0 Å². The number of thioether (sulfide) groups is 1. The van der Waals surface area contributed by atoms with Crippen LogP contribution in [0.4, 0.5) is 10.1 Å². The van der Waals surface area contributed by atoms with Crippen molar-refractivity contribution in [1.82, 2.24) is 0 Å². The van der Waals surface area contributed by atoms with Gasteiger partial charge in [0.05, 0.1) is 10.6 Å². The average Bonchev–Trinajstić information content (AvgIpc) is 2.83. The van der Waals surface area contributed by atoms with E-state index in [9.17, 15) is 9.18 Å². The van der Waals surface area contributed by atoms with E-state index in [1.165, 1.54) is 28.8 Å². The minimum Gasteiger partial charge on any atom is -0.268 e. The maximum Gasteiger partial charge on any atom is 0.270 e. The summed E-state index contributed by atoms with van der Waals surface area (Å²) in [7, 11) is 0. The van der Waals surface area contributed by atoms with Crippen molar-refractivity contribution in [2.45, 2.75) is 6.92 Å². The summed E-state index contributed by atoms with van der Waals surface area (Å²) in [6, 6.07) is 15.6. The van der Waals surface area contributed by atoms with Crippen LogP contribution >= 0.6 is 24.0 Å². The number of anilines is 1. The molecule has 5 heteroatoms. The van der Waals surface area contributed by atoms with Gasteiger partial charge in [0.1, 0.15) is 5.82 Å². The van der Waals surface area contributed by atoms with Gasteiger partial charge in [0, 0.05) is 0 Å². The number of benzene rings is 2. The summed E-state index contributed by atoms with van der Waals surface area (Å²) in [5.74, 6) is -0.529. The van der Waals surface area contributed by atoms with E-state index in [1.54, 1.807) is 12.1 Å². The lowest BCUT2D eigenvalue weighted by Crippen LogP contribution is -2.27. The molecule has 1 fully saturated rings. The highest BCUT2D eigenvalue weighted by atomic mass is 32.2. The van der Waals surface area contributed by atoms with E-state index in [2.05, 4.69) is 0 Å². The van der Waals surface area contributed by atoms with Crippen molar-refractivity contribution in [1.29, 1.82) is 0 Å². The third-order valence-electron chi connectivity index (χ3n) is 3.43. The van der Waals surface area contributed by atoms with Gasteiger partial charge < -0.3 is 0 Å². The van der Waals surface area contributed by atoms with Crippen LogP contribution in [0.1, 0.15) is 12.5 Å². The van der Waals surface area contributed by atoms with Gasteiger partial charge in [0.2, 0.25) is 0 Å². The van der Waals surface area contributed by atoms with Crippen LogP contribution in [0, 0.1) is 5.82 Å². The molecule has 24 heavy (non-hydrogen) atoms. The van der Waals surface area contributed by atoms with E-state index in [-0.39, 0.29) is 11.7 Å². The monoisotopic (exact) mass is 355 g/mol. The highest BCUT2D eigenvalue weighted by Crippen LogP contribution is 2.35. The molecule has 0 radical (unpaired) electrons. The Hall–Kier alpha value is -2.24. The molecule has 0 saturated carbocycles. The van der Waals surface area contributed by atoms with Gasteiger partial charge in [-0.2, -0.15) is 0 Å². The maximum atomic E-state index is 13.1. The van der Waals surface area contributed by atoms with Gasteiger partial charge in [0.25, 0.3) is 5.91 Å². The Morgan fingerprint density at radius 3 is 2.46 bits per heavy atom. The van der Waals surface area contributed by atoms with Crippen molar-refractivity contribution in [3.8, 4) is 0 Å². The number of hydrogen-bond acceptors (Lipinski definition) is 3. The fraction of sp³-hybridized carbons (Fsp3) is 0.0526. The molecule has 3 rings (SSSR count). The number of carbonyl (C=O) groups is 1. The smallest absolute Gasteiger partial charge is 0.268 e. The molecule has 0 spiro atoms. The van der Waals surface area contributed by atoms with Crippen molar-refractivity contribution in [3.63, 3.8) is 0 Å². The molecule has 0 N–H and O–H groups in total. The summed E-state index contributed by atoms with van der Waals surface area (Å²) >= 11 is 6.56. The van der Waals surface area contributed by atoms with Crippen molar-refractivity contribution < 1.29 is 9.18 Å². The second-order valence-corrected chi connectivity index (χ2v) is 6.97. The Labute approximate surface area is 149 Å². The molecule has 0 aliphatic carbocycles. The zero-order chi connectivity index (χ0) is 17.1. The van der Waals surface area contributed by atoms with Gasteiger partial charge in [-0.1, -0.05) is 60.4 Å². The van der Waals surface area contributed by atoms with E-state index in [0.717, 1.165) is 11.1 Å². The number of hydrogen-bond donors (Lipinski definition) is 0. The van der Waals surface area contributed by atoms with Gasteiger partial charge in [-0.25, -0.2) is 4.39 Å². The van der Waals surface area contributed by atoms with E-state index in [1.807, 2.05) is 49.4 Å². The van der Waals surface area contributed by atoms with Gasteiger partial charge in [0.15, 0.2) is 4.32 Å². The second kappa shape index (κ2) is 7.11. The summed E-state index contributed by atoms with van der Waals surface area (Å²) in [5, 5.41) is 0. The lowest BCUT2D eigenvalue weighted by Gasteiger charge is -2.14. The summed E-state index contributed by atoms with van der Waals surface area (Å²) in [6.45, 7) is 1.94. The first kappa shape index (κ1) is 16.6. The van der Waals surface area contributed by atoms with Crippen LogP contribution in [0.3, 0.4) is 0 Å². The number of rotatable bonds is 3. The van der Waals surface area contributed by atoms with E-state index < -0.39 is 0 Å². The SMILES string of the molecule is CC(=Cc1ccccc1)C=C1SC(=S)N(c2ccc(F)cc2)C1=O. The molecule has 2 aromatic rings. The lowest BCUT2D eigenvalue weighted by atomic mass is 10.1. The van der Waals surface area contributed by atoms with E-state index >= 15 is 0 Å². The highest BCUT2D eigenvalue weighted by molar-refractivity contribution is 8.27. The standard InChI is InChI=1S/C19H14FNOS2/c1-13(11-14-5-3-2-4-6-14)12-17-18(22)21(19(23)24-17)16-9-7-15(20)8-10-16/h2-12H,1H3. The molecule has 0 unspecified atom stereocenters. The minimum absolute atomic E-state index is 0.183. The van der Waals surface area contributed by atoms with Crippen molar-refractivity contribution in [2.75, 3.05) is 4.90 Å². The minimum atomic E-state index is -0.346. The summed E-state index contributed by atoms with van der Waals surface area (Å²) < 4.78 is 13.5. The molecule has 1 amide bonds. The van der Waals surface area contributed by atoms with E-state index in [0.29, 0.717) is 14.9 Å². The van der Waals surface area contributed by atoms with Crippen molar-refractivity contribution >= 4 is 46.0 Å². The van der Waals surface area contributed by atoms with Crippen molar-refractivity contribution in [3.05, 3.63) is 82.5 Å². The molecule has 0 aromatic heterocycles. The molecular weight excluding hydrogens is 341 g/mol. The number of halogens is 1. The molecule has 0 bridgehead atoms. The number of allylic oxidation sites excluding steroid dienone is 2. The quantitative estimate of drug-likeness (QED) is 0.559. The molecule has 2 nitrogen and oxygen atoms in total. The highest BCUT2D eigenvalue weighted by Gasteiger charge is 2.33.